The lowest BCUT2D eigenvalue weighted by Crippen LogP contribution is -2.52. The summed E-state index contributed by atoms with van der Waals surface area (Å²) in [5.41, 5.74) is 0.268. The third kappa shape index (κ3) is 6.40. The number of nitrogens with one attached hydrogen (secondary N) is 1. The fourth-order valence-corrected chi connectivity index (χ4v) is 3.46. The molecule has 0 unspecified atom stereocenters. The Morgan fingerprint density at radius 3 is 2.55 bits per heavy atom. The summed E-state index contributed by atoms with van der Waals surface area (Å²) in [4.78, 5) is 8.79. The fourth-order valence-electron chi connectivity index (χ4n) is 3.46. The number of nitrogens with zero attached hydrogens (tertiary/aromatic N) is 5. The number of aliphatic imine (C=N–C) groups is 1. The van der Waals surface area contributed by atoms with Crippen LogP contribution in [0.15, 0.2) is 35.5 Å². The molecule has 2 heterocycles. The second-order valence-corrected chi connectivity index (χ2v) is 7.02. The Morgan fingerprint density at radius 1 is 1.23 bits per heavy atom. The molecule has 0 saturated carbocycles. The number of hydrogen-bond acceptors (Lipinski definition) is 4. The molecule has 7 nitrogen and oxygen atoms in total. The Morgan fingerprint density at radius 2 is 1.94 bits per heavy atom. The normalized spacial score (nSPS) is 15.0. The minimum absolute atomic E-state index is 0. The number of piperazine rings is 1. The van der Waals surface area contributed by atoms with E-state index in [4.69, 9.17) is 4.74 Å². The number of alkyl halides is 3. The summed E-state index contributed by atoms with van der Waals surface area (Å²) < 4.78 is 46.0. The molecule has 1 aliphatic rings. The van der Waals surface area contributed by atoms with Gasteiger partial charge in [0.05, 0.1) is 13.7 Å². The topological polar surface area (TPSA) is 57.9 Å². The van der Waals surface area contributed by atoms with Gasteiger partial charge in [0.15, 0.2) is 11.7 Å². The van der Waals surface area contributed by atoms with Crippen molar-refractivity contribution in [2.45, 2.75) is 19.6 Å². The molecule has 0 atom stereocenters. The number of aromatic nitrogens is 2. The van der Waals surface area contributed by atoms with Gasteiger partial charge in [-0.1, -0.05) is 6.07 Å². The Kier molecular flexibility index (Phi) is 8.83. The molecule has 172 valence electrons. The minimum atomic E-state index is -4.49. The predicted molar refractivity (Wildman–Crippen MR) is 125 cm³/mol. The van der Waals surface area contributed by atoms with E-state index >= 15 is 0 Å². The van der Waals surface area contributed by atoms with Crippen molar-refractivity contribution in [1.29, 1.82) is 0 Å². The third-order valence-corrected chi connectivity index (χ3v) is 4.90. The van der Waals surface area contributed by atoms with Crippen LogP contribution in [0.2, 0.25) is 0 Å². The minimum Gasteiger partial charge on any atom is -0.497 e. The Bertz CT molecular complexity index is 878. The second kappa shape index (κ2) is 10.9. The first-order valence-electron chi connectivity index (χ1n) is 9.83. The Balaban J connectivity index is 0.00000341. The quantitative estimate of drug-likeness (QED) is 0.351. The zero-order valence-corrected chi connectivity index (χ0v) is 20.1. The Labute approximate surface area is 197 Å². The summed E-state index contributed by atoms with van der Waals surface area (Å²) in [6, 6.07) is 7.90. The first kappa shape index (κ1) is 25.1. The smallest absolute Gasteiger partial charge is 0.435 e. The average Bonchev–Trinajstić information content (AvgIpc) is 3.12. The van der Waals surface area contributed by atoms with Gasteiger partial charge < -0.3 is 19.9 Å². The molecule has 0 spiro atoms. The lowest BCUT2D eigenvalue weighted by atomic mass is 10.2. The maximum atomic E-state index is 13.2. The summed E-state index contributed by atoms with van der Waals surface area (Å²) in [5, 5.41) is 6.74. The number of rotatable bonds is 5. The molecular formula is C20H28F3IN6O. The highest BCUT2D eigenvalue weighted by molar-refractivity contribution is 14.0. The van der Waals surface area contributed by atoms with E-state index in [1.165, 1.54) is 17.9 Å². The van der Waals surface area contributed by atoms with Crippen molar-refractivity contribution in [3.05, 3.63) is 41.7 Å². The summed E-state index contributed by atoms with van der Waals surface area (Å²) in [7, 11) is 3.12. The summed E-state index contributed by atoms with van der Waals surface area (Å²) in [5.74, 6) is 1.42. The van der Waals surface area contributed by atoms with Gasteiger partial charge in [0.25, 0.3) is 0 Å². The summed E-state index contributed by atoms with van der Waals surface area (Å²) >= 11 is 0. The third-order valence-electron chi connectivity index (χ3n) is 4.90. The van der Waals surface area contributed by atoms with Gasteiger partial charge in [-0.25, -0.2) is 4.99 Å². The standard InChI is InChI=1S/C20H27F3N6O.HI/c1-4-24-19(25-13-15-14-27(2)26-18(15)20(21,22)23)29-10-8-28(9-11-29)16-6-5-7-17(12-16)30-3;/h5-7,12,14H,4,8-11,13H2,1-3H3,(H,24,25);1H. The van der Waals surface area contributed by atoms with Crippen molar-refractivity contribution >= 4 is 35.6 Å². The zero-order chi connectivity index (χ0) is 21.7. The molecule has 0 aliphatic carbocycles. The van der Waals surface area contributed by atoms with E-state index in [9.17, 15) is 13.2 Å². The molecule has 0 bridgehead atoms. The van der Waals surface area contributed by atoms with Crippen LogP contribution in [0.1, 0.15) is 18.2 Å². The monoisotopic (exact) mass is 552 g/mol. The molecule has 31 heavy (non-hydrogen) atoms. The van der Waals surface area contributed by atoms with Crippen LogP contribution in [0.5, 0.6) is 5.75 Å². The number of guanidine groups is 1. The number of aryl methyl sites for hydroxylation is 1. The van der Waals surface area contributed by atoms with E-state index in [0.29, 0.717) is 25.6 Å². The number of halogens is 4. The molecule has 3 rings (SSSR count). The number of anilines is 1. The highest BCUT2D eigenvalue weighted by atomic mass is 127. The van der Waals surface area contributed by atoms with Crippen molar-refractivity contribution in [2.24, 2.45) is 12.0 Å². The highest BCUT2D eigenvalue weighted by Gasteiger charge is 2.36. The van der Waals surface area contributed by atoms with Crippen molar-refractivity contribution < 1.29 is 17.9 Å². The van der Waals surface area contributed by atoms with Gasteiger partial charge in [0.2, 0.25) is 0 Å². The van der Waals surface area contributed by atoms with Crippen molar-refractivity contribution in [3.8, 4) is 5.75 Å². The number of hydrogen-bond donors (Lipinski definition) is 1. The molecule has 1 aromatic heterocycles. The first-order chi connectivity index (χ1) is 14.3. The SMILES string of the molecule is CCNC(=NCc1cn(C)nc1C(F)(F)F)N1CCN(c2cccc(OC)c2)CC1.I. The van der Waals surface area contributed by atoms with E-state index < -0.39 is 11.9 Å². The summed E-state index contributed by atoms with van der Waals surface area (Å²) in [6.07, 6.45) is -3.12. The predicted octanol–water partition coefficient (Wildman–Crippen LogP) is 3.35. The number of ether oxygens (including phenoxy) is 1. The van der Waals surface area contributed by atoms with Crippen LogP contribution in [0.25, 0.3) is 0 Å². The number of methoxy groups -OCH3 is 1. The van der Waals surface area contributed by atoms with Gasteiger partial charge in [-0.3, -0.25) is 4.68 Å². The van der Waals surface area contributed by atoms with Crippen LogP contribution in [-0.4, -0.2) is 60.5 Å². The molecular weight excluding hydrogens is 524 g/mol. The van der Waals surface area contributed by atoms with Crippen molar-refractivity contribution in [3.63, 3.8) is 0 Å². The van der Waals surface area contributed by atoms with Gasteiger partial charge in [0, 0.05) is 63.3 Å². The van der Waals surface area contributed by atoms with Crippen LogP contribution >= 0.6 is 24.0 Å². The zero-order valence-electron chi connectivity index (χ0n) is 17.8. The molecule has 11 heteroatoms. The molecule has 2 aromatic rings. The van der Waals surface area contributed by atoms with Gasteiger partial charge in [-0.05, 0) is 19.1 Å². The van der Waals surface area contributed by atoms with Crippen LogP contribution < -0.4 is 15.0 Å². The fraction of sp³-hybridized carbons (Fsp3) is 0.500. The van der Waals surface area contributed by atoms with Crippen LogP contribution in [0.4, 0.5) is 18.9 Å². The van der Waals surface area contributed by atoms with E-state index in [0.717, 1.165) is 24.5 Å². The van der Waals surface area contributed by atoms with Gasteiger partial charge in [-0.15, -0.1) is 24.0 Å². The van der Waals surface area contributed by atoms with Crippen LogP contribution in [0, 0.1) is 0 Å². The van der Waals surface area contributed by atoms with Gasteiger partial charge in [-0.2, -0.15) is 18.3 Å². The maximum Gasteiger partial charge on any atom is 0.435 e. The molecule has 1 aromatic carbocycles. The van der Waals surface area contributed by atoms with E-state index in [1.54, 1.807) is 7.11 Å². The molecule has 0 radical (unpaired) electrons. The largest absolute Gasteiger partial charge is 0.497 e. The second-order valence-electron chi connectivity index (χ2n) is 7.02. The lowest BCUT2D eigenvalue weighted by molar-refractivity contribution is -0.142. The van der Waals surface area contributed by atoms with Crippen LogP contribution in [0.3, 0.4) is 0 Å². The Hall–Kier alpha value is -2.18. The molecule has 1 saturated heterocycles. The number of benzene rings is 1. The van der Waals surface area contributed by atoms with Crippen LogP contribution in [-0.2, 0) is 19.8 Å². The molecule has 1 fully saturated rings. The summed E-state index contributed by atoms with van der Waals surface area (Å²) in [6.45, 7) is 5.46. The van der Waals surface area contributed by atoms with E-state index in [2.05, 4.69) is 25.2 Å². The average molecular weight is 552 g/mol. The van der Waals surface area contributed by atoms with Gasteiger partial charge >= 0.3 is 6.18 Å². The van der Waals surface area contributed by atoms with Crippen molar-refractivity contribution in [2.75, 3.05) is 44.7 Å². The highest BCUT2D eigenvalue weighted by Crippen LogP contribution is 2.31. The lowest BCUT2D eigenvalue weighted by Gasteiger charge is -2.37. The van der Waals surface area contributed by atoms with Gasteiger partial charge in [0.1, 0.15) is 5.75 Å². The molecule has 1 N–H and O–H groups in total. The molecule has 1 aliphatic heterocycles. The first-order valence-corrected chi connectivity index (χ1v) is 9.83. The maximum absolute atomic E-state index is 13.2. The van der Waals surface area contributed by atoms with E-state index in [-0.39, 0.29) is 36.1 Å². The van der Waals surface area contributed by atoms with E-state index in [1.807, 2.05) is 31.2 Å². The van der Waals surface area contributed by atoms with Crippen molar-refractivity contribution in [1.82, 2.24) is 20.0 Å². The molecule has 0 amide bonds.